The van der Waals surface area contributed by atoms with Crippen LogP contribution in [0.1, 0.15) is 5.56 Å². The number of benzene rings is 3. The van der Waals surface area contributed by atoms with Crippen molar-refractivity contribution in [2.75, 3.05) is 18.7 Å². The summed E-state index contributed by atoms with van der Waals surface area (Å²) in [6.45, 7) is 0.204. The van der Waals surface area contributed by atoms with Crippen molar-refractivity contribution >= 4 is 35.0 Å². The van der Waals surface area contributed by atoms with Crippen molar-refractivity contribution in [1.82, 2.24) is 4.90 Å². The first-order valence-corrected chi connectivity index (χ1v) is 10.1. The number of amides is 1. The van der Waals surface area contributed by atoms with Gasteiger partial charge in [0.05, 0.1) is 5.69 Å². The Hall–Kier alpha value is -3.84. The van der Waals surface area contributed by atoms with Crippen LogP contribution in [0.4, 0.5) is 5.69 Å². The lowest BCUT2D eigenvalue weighted by Gasteiger charge is -2.17. The highest BCUT2D eigenvalue weighted by atomic mass is 32.1. The number of thiocarbonyl (C=S) groups is 1. The Kier molecular flexibility index (Phi) is 4.80. The summed E-state index contributed by atoms with van der Waals surface area (Å²) in [5, 5.41) is 0.411. The smallest absolute Gasteiger partial charge is 0.281 e. The number of para-hydroxylation sites is 1. The lowest BCUT2D eigenvalue weighted by atomic mass is 10.1. The first kappa shape index (κ1) is 19.1. The molecule has 7 heteroatoms. The molecule has 0 aromatic heterocycles. The molecule has 0 bridgehead atoms. The van der Waals surface area contributed by atoms with Gasteiger partial charge in [-0.3, -0.25) is 9.69 Å². The van der Waals surface area contributed by atoms with Crippen molar-refractivity contribution in [2.45, 2.75) is 0 Å². The number of hydrogen-bond acceptors (Lipinski definition) is 5. The second-order valence-corrected chi connectivity index (χ2v) is 7.40. The van der Waals surface area contributed by atoms with E-state index in [-0.39, 0.29) is 12.7 Å². The number of fused-ring (bicyclic) bond motifs is 1. The molecule has 31 heavy (non-hydrogen) atoms. The van der Waals surface area contributed by atoms with E-state index in [0.29, 0.717) is 33.7 Å². The summed E-state index contributed by atoms with van der Waals surface area (Å²) < 4.78 is 16.6. The van der Waals surface area contributed by atoms with Crippen LogP contribution in [0.15, 0.2) is 78.5 Å². The SMILES string of the molecule is CN1C(=S)N(c2ccc(Oc3ccccc3)cc2)C(=O)C1=Cc1ccc2c(c1)OCO2. The van der Waals surface area contributed by atoms with E-state index in [9.17, 15) is 4.79 Å². The van der Waals surface area contributed by atoms with Crippen LogP contribution in [0.3, 0.4) is 0 Å². The Bertz CT molecular complexity index is 1190. The predicted octanol–water partition coefficient (Wildman–Crippen LogP) is 4.81. The first-order chi connectivity index (χ1) is 15.1. The fourth-order valence-electron chi connectivity index (χ4n) is 3.43. The fraction of sp³-hybridized carbons (Fsp3) is 0.0833. The van der Waals surface area contributed by atoms with Gasteiger partial charge in [0, 0.05) is 7.05 Å². The van der Waals surface area contributed by atoms with Crippen LogP contribution >= 0.6 is 12.2 Å². The van der Waals surface area contributed by atoms with Gasteiger partial charge in [-0.05, 0) is 72.4 Å². The standard InChI is InChI=1S/C24H18N2O4S/c1-25-20(13-16-7-12-21-22(14-16)29-15-28-21)23(27)26(24(25)31)17-8-10-19(11-9-17)30-18-5-3-2-4-6-18/h2-14H,15H2,1H3. The summed E-state index contributed by atoms with van der Waals surface area (Å²) in [5.41, 5.74) is 1.99. The fourth-order valence-corrected chi connectivity index (χ4v) is 3.72. The van der Waals surface area contributed by atoms with E-state index in [0.717, 1.165) is 11.3 Å². The number of ether oxygens (including phenoxy) is 3. The van der Waals surface area contributed by atoms with E-state index in [1.807, 2.05) is 72.8 Å². The van der Waals surface area contributed by atoms with Gasteiger partial charge in [-0.15, -0.1) is 0 Å². The highest BCUT2D eigenvalue weighted by Crippen LogP contribution is 2.35. The van der Waals surface area contributed by atoms with E-state index in [2.05, 4.69) is 0 Å². The minimum atomic E-state index is -0.193. The molecule has 0 spiro atoms. The van der Waals surface area contributed by atoms with E-state index < -0.39 is 0 Å². The van der Waals surface area contributed by atoms with Crippen molar-refractivity contribution in [1.29, 1.82) is 0 Å². The molecule has 2 aliphatic heterocycles. The van der Waals surface area contributed by atoms with Crippen molar-refractivity contribution in [3.8, 4) is 23.0 Å². The largest absolute Gasteiger partial charge is 0.457 e. The number of nitrogens with zero attached hydrogens (tertiary/aromatic N) is 2. The van der Waals surface area contributed by atoms with Crippen molar-refractivity contribution in [3.05, 3.63) is 84.1 Å². The molecule has 5 rings (SSSR count). The van der Waals surface area contributed by atoms with Crippen LogP contribution in [0.25, 0.3) is 6.08 Å². The Labute approximate surface area is 184 Å². The highest BCUT2D eigenvalue weighted by molar-refractivity contribution is 7.80. The lowest BCUT2D eigenvalue weighted by molar-refractivity contribution is -0.114. The topological polar surface area (TPSA) is 51.2 Å². The third-order valence-electron chi connectivity index (χ3n) is 5.04. The number of hydrogen-bond donors (Lipinski definition) is 0. The van der Waals surface area contributed by atoms with Crippen LogP contribution in [0.2, 0.25) is 0 Å². The van der Waals surface area contributed by atoms with Gasteiger partial charge >= 0.3 is 0 Å². The van der Waals surface area contributed by atoms with E-state index in [1.54, 1.807) is 18.0 Å². The summed E-state index contributed by atoms with van der Waals surface area (Å²) in [5.74, 6) is 2.59. The number of rotatable bonds is 4. The molecule has 2 aliphatic rings. The summed E-state index contributed by atoms with van der Waals surface area (Å²) >= 11 is 5.55. The zero-order chi connectivity index (χ0) is 21.4. The first-order valence-electron chi connectivity index (χ1n) is 9.66. The molecule has 0 N–H and O–H groups in total. The molecule has 1 amide bonds. The lowest BCUT2D eigenvalue weighted by Crippen LogP contribution is -2.31. The molecule has 0 unspecified atom stereocenters. The number of anilines is 1. The molecule has 1 fully saturated rings. The molecule has 0 saturated carbocycles. The van der Waals surface area contributed by atoms with Gasteiger partial charge in [0.25, 0.3) is 5.91 Å². The predicted molar refractivity (Wildman–Crippen MR) is 121 cm³/mol. The van der Waals surface area contributed by atoms with Gasteiger partial charge in [-0.2, -0.15) is 0 Å². The van der Waals surface area contributed by atoms with Crippen LogP contribution in [-0.2, 0) is 4.79 Å². The summed E-state index contributed by atoms with van der Waals surface area (Å²) in [6, 6.07) is 22.3. The minimum absolute atomic E-state index is 0.193. The summed E-state index contributed by atoms with van der Waals surface area (Å²) in [6.07, 6.45) is 1.80. The number of likely N-dealkylation sites (N-methyl/N-ethyl adjacent to an activating group) is 1. The van der Waals surface area contributed by atoms with E-state index in [4.69, 9.17) is 26.4 Å². The zero-order valence-electron chi connectivity index (χ0n) is 16.6. The zero-order valence-corrected chi connectivity index (χ0v) is 17.5. The van der Waals surface area contributed by atoms with Gasteiger partial charge in [-0.1, -0.05) is 24.3 Å². The highest BCUT2D eigenvalue weighted by Gasteiger charge is 2.36. The molecule has 3 aromatic carbocycles. The molecule has 6 nitrogen and oxygen atoms in total. The molecule has 1 saturated heterocycles. The molecule has 0 aliphatic carbocycles. The second kappa shape index (κ2) is 7.77. The van der Waals surface area contributed by atoms with Gasteiger partial charge in [0.1, 0.15) is 17.2 Å². The van der Waals surface area contributed by atoms with E-state index in [1.165, 1.54) is 4.90 Å². The van der Waals surface area contributed by atoms with Crippen LogP contribution < -0.4 is 19.1 Å². The third-order valence-corrected chi connectivity index (χ3v) is 5.49. The molecule has 0 radical (unpaired) electrons. The molecular weight excluding hydrogens is 412 g/mol. The average molecular weight is 430 g/mol. The van der Waals surface area contributed by atoms with Crippen LogP contribution in [0.5, 0.6) is 23.0 Å². The number of carbonyl (C=O) groups is 1. The minimum Gasteiger partial charge on any atom is -0.457 e. The van der Waals surface area contributed by atoms with Gasteiger partial charge in [0.15, 0.2) is 16.6 Å². The molecule has 154 valence electrons. The quantitative estimate of drug-likeness (QED) is 0.437. The normalized spacial score (nSPS) is 16.4. The Balaban J connectivity index is 1.39. The number of carbonyl (C=O) groups excluding carboxylic acids is 1. The molecule has 2 heterocycles. The molecular formula is C24H18N2O4S. The maximum absolute atomic E-state index is 13.2. The monoisotopic (exact) mass is 430 g/mol. The Morgan fingerprint density at radius 3 is 2.42 bits per heavy atom. The maximum Gasteiger partial charge on any atom is 0.281 e. The summed E-state index contributed by atoms with van der Waals surface area (Å²) in [4.78, 5) is 16.4. The molecule has 3 aromatic rings. The Morgan fingerprint density at radius 1 is 0.935 bits per heavy atom. The van der Waals surface area contributed by atoms with Crippen molar-refractivity contribution in [2.24, 2.45) is 0 Å². The van der Waals surface area contributed by atoms with E-state index >= 15 is 0 Å². The van der Waals surface area contributed by atoms with Gasteiger partial charge in [0.2, 0.25) is 6.79 Å². The van der Waals surface area contributed by atoms with Crippen molar-refractivity contribution < 1.29 is 19.0 Å². The second-order valence-electron chi connectivity index (χ2n) is 7.03. The maximum atomic E-state index is 13.2. The van der Waals surface area contributed by atoms with Crippen molar-refractivity contribution in [3.63, 3.8) is 0 Å². The van der Waals surface area contributed by atoms with Crippen LogP contribution in [-0.4, -0.2) is 29.8 Å². The Morgan fingerprint density at radius 2 is 1.65 bits per heavy atom. The third kappa shape index (κ3) is 3.60. The average Bonchev–Trinajstić information content (AvgIpc) is 3.34. The molecule has 0 atom stereocenters. The summed E-state index contributed by atoms with van der Waals surface area (Å²) in [7, 11) is 1.78. The van der Waals surface area contributed by atoms with Crippen LogP contribution in [0, 0.1) is 0 Å². The van der Waals surface area contributed by atoms with Gasteiger partial charge in [-0.25, -0.2) is 0 Å². The van der Waals surface area contributed by atoms with Gasteiger partial charge < -0.3 is 19.1 Å².